The SMILES string of the molecule is Cc1nn(C)c(CC(C)(N)c2ccccc2)c1Cl. The fourth-order valence-electron chi connectivity index (χ4n) is 2.14. The van der Waals surface area contributed by atoms with Crippen LogP contribution in [0.3, 0.4) is 0 Å². The number of rotatable bonds is 3. The second-order valence-electron chi connectivity index (χ2n) is 4.93. The van der Waals surface area contributed by atoms with Crippen LogP contribution < -0.4 is 5.73 Å². The van der Waals surface area contributed by atoms with Crippen molar-refractivity contribution in [1.82, 2.24) is 9.78 Å². The molecule has 2 rings (SSSR count). The molecule has 96 valence electrons. The lowest BCUT2D eigenvalue weighted by atomic mass is 9.88. The molecule has 0 bridgehead atoms. The molecule has 0 fully saturated rings. The zero-order chi connectivity index (χ0) is 13.3. The van der Waals surface area contributed by atoms with Gasteiger partial charge in [-0.3, -0.25) is 4.68 Å². The molecule has 0 radical (unpaired) electrons. The summed E-state index contributed by atoms with van der Waals surface area (Å²) >= 11 is 6.27. The normalized spacial score (nSPS) is 14.5. The minimum atomic E-state index is -0.453. The maximum Gasteiger partial charge on any atom is 0.0847 e. The molecule has 0 spiro atoms. The first-order valence-electron chi connectivity index (χ1n) is 5.94. The summed E-state index contributed by atoms with van der Waals surface area (Å²) in [6.07, 6.45) is 0.660. The zero-order valence-corrected chi connectivity index (χ0v) is 11.7. The summed E-state index contributed by atoms with van der Waals surface area (Å²) in [6, 6.07) is 10.1. The number of aromatic nitrogens is 2. The molecule has 0 amide bonds. The maximum atomic E-state index is 6.42. The number of hydrogen-bond donors (Lipinski definition) is 1. The lowest BCUT2D eigenvalue weighted by Crippen LogP contribution is -2.36. The number of hydrogen-bond acceptors (Lipinski definition) is 2. The molecule has 0 saturated heterocycles. The predicted molar refractivity (Wildman–Crippen MR) is 74.6 cm³/mol. The van der Waals surface area contributed by atoms with E-state index >= 15 is 0 Å². The quantitative estimate of drug-likeness (QED) is 0.925. The van der Waals surface area contributed by atoms with Crippen molar-refractivity contribution in [3.8, 4) is 0 Å². The van der Waals surface area contributed by atoms with Crippen LogP contribution in [0.2, 0.25) is 5.02 Å². The molecule has 1 atom stereocenters. The first-order valence-corrected chi connectivity index (χ1v) is 6.32. The highest BCUT2D eigenvalue weighted by molar-refractivity contribution is 6.31. The summed E-state index contributed by atoms with van der Waals surface area (Å²) in [7, 11) is 1.90. The fraction of sp³-hybridized carbons (Fsp3) is 0.357. The summed E-state index contributed by atoms with van der Waals surface area (Å²) in [5.74, 6) is 0. The summed E-state index contributed by atoms with van der Waals surface area (Å²) < 4.78 is 1.81. The van der Waals surface area contributed by atoms with Crippen molar-refractivity contribution in [2.75, 3.05) is 0 Å². The number of aryl methyl sites for hydroxylation is 2. The Morgan fingerprint density at radius 2 is 1.94 bits per heavy atom. The Hall–Kier alpha value is -1.32. The van der Waals surface area contributed by atoms with Gasteiger partial charge in [-0.25, -0.2) is 0 Å². The van der Waals surface area contributed by atoms with Gasteiger partial charge in [0, 0.05) is 19.0 Å². The molecule has 1 heterocycles. The van der Waals surface area contributed by atoms with Crippen LogP contribution in [0.25, 0.3) is 0 Å². The predicted octanol–water partition coefficient (Wildman–Crippen LogP) is 2.80. The van der Waals surface area contributed by atoms with Crippen LogP contribution in [0, 0.1) is 6.92 Å². The lowest BCUT2D eigenvalue weighted by Gasteiger charge is -2.25. The number of benzene rings is 1. The average molecular weight is 264 g/mol. The first kappa shape index (κ1) is 13.1. The van der Waals surface area contributed by atoms with Gasteiger partial charge in [-0.1, -0.05) is 41.9 Å². The molecule has 0 saturated carbocycles. The van der Waals surface area contributed by atoms with E-state index < -0.39 is 5.54 Å². The Bertz CT molecular complexity index is 544. The molecule has 1 aromatic carbocycles. The van der Waals surface area contributed by atoms with Gasteiger partial charge in [0.1, 0.15) is 0 Å². The minimum Gasteiger partial charge on any atom is -0.321 e. The van der Waals surface area contributed by atoms with E-state index in [2.05, 4.69) is 5.10 Å². The molecule has 18 heavy (non-hydrogen) atoms. The van der Waals surface area contributed by atoms with E-state index in [0.29, 0.717) is 11.4 Å². The van der Waals surface area contributed by atoms with Gasteiger partial charge >= 0.3 is 0 Å². The van der Waals surface area contributed by atoms with E-state index in [0.717, 1.165) is 17.0 Å². The van der Waals surface area contributed by atoms with Gasteiger partial charge in [-0.05, 0) is 19.4 Å². The second-order valence-corrected chi connectivity index (χ2v) is 5.31. The molecule has 1 unspecified atom stereocenters. The van der Waals surface area contributed by atoms with Crippen LogP contribution in [0.4, 0.5) is 0 Å². The molecule has 2 aromatic rings. The van der Waals surface area contributed by atoms with Gasteiger partial charge in [-0.2, -0.15) is 5.10 Å². The highest BCUT2D eigenvalue weighted by Crippen LogP contribution is 2.27. The summed E-state index contributed by atoms with van der Waals surface area (Å²) in [5, 5.41) is 5.03. The zero-order valence-electron chi connectivity index (χ0n) is 10.9. The highest BCUT2D eigenvalue weighted by Gasteiger charge is 2.25. The van der Waals surface area contributed by atoms with Crippen molar-refractivity contribution in [1.29, 1.82) is 0 Å². The summed E-state index contributed by atoms with van der Waals surface area (Å²) in [5.41, 5.74) is 8.88. The van der Waals surface area contributed by atoms with Gasteiger partial charge in [0.25, 0.3) is 0 Å². The highest BCUT2D eigenvalue weighted by atomic mass is 35.5. The molecule has 3 nitrogen and oxygen atoms in total. The van der Waals surface area contributed by atoms with Crippen molar-refractivity contribution in [3.05, 3.63) is 52.3 Å². The monoisotopic (exact) mass is 263 g/mol. The van der Waals surface area contributed by atoms with Gasteiger partial charge < -0.3 is 5.73 Å². The third-order valence-electron chi connectivity index (χ3n) is 3.23. The Labute approximate surface area is 113 Å². The number of nitrogens with zero attached hydrogens (tertiary/aromatic N) is 2. The number of halogens is 1. The van der Waals surface area contributed by atoms with Crippen LogP contribution >= 0.6 is 11.6 Å². The van der Waals surface area contributed by atoms with Crippen molar-refractivity contribution < 1.29 is 0 Å². The van der Waals surface area contributed by atoms with Crippen LogP contribution in [-0.2, 0) is 19.0 Å². The van der Waals surface area contributed by atoms with Gasteiger partial charge in [-0.15, -0.1) is 0 Å². The van der Waals surface area contributed by atoms with E-state index in [1.54, 1.807) is 0 Å². The van der Waals surface area contributed by atoms with E-state index in [1.807, 2.05) is 55.9 Å². The van der Waals surface area contributed by atoms with E-state index in [4.69, 9.17) is 17.3 Å². The molecule has 2 N–H and O–H groups in total. The van der Waals surface area contributed by atoms with Gasteiger partial charge in [0.15, 0.2) is 0 Å². The Kier molecular flexibility index (Phi) is 3.46. The van der Waals surface area contributed by atoms with Gasteiger partial charge in [0.2, 0.25) is 0 Å². The third-order valence-corrected chi connectivity index (χ3v) is 3.72. The topological polar surface area (TPSA) is 43.8 Å². The molecule has 0 aliphatic rings. The Morgan fingerprint density at radius 3 is 2.44 bits per heavy atom. The molecule has 4 heteroatoms. The van der Waals surface area contributed by atoms with Crippen molar-refractivity contribution in [2.45, 2.75) is 25.8 Å². The van der Waals surface area contributed by atoms with Crippen molar-refractivity contribution in [3.63, 3.8) is 0 Å². The molecule has 1 aromatic heterocycles. The average Bonchev–Trinajstić information content (AvgIpc) is 2.57. The molecular formula is C14H18ClN3. The standard InChI is InChI=1S/C14H18ClN3/c1-10-13(15)12(18(3)17-10)9-14(2,16)11-7-5-4-6-8-11/h4-8H,9,16H2,1-3H3. The molecule has 0 aliphatic heterocycles. The van der Waals surface area contributed by atoms with Crippen LogP contribution in [0.5, 0.6) is 0 Å². The van der Waals surface area contributed by atoms with Crippen molar-refractivity contribution >= 4 is 11.6 Å². The third kappa shape index (κ3) is 2.42. The molecule has 0 aliphatic carbocycles. The van der Waals surface area contributed by atoms with Crippen LogP contribution in [-0.4, -0.2) is 9.78 Å². The van der Waals surface area contributed by atoms with Crippen molar-refractivity contribution in [2.24, 2.45) is 12.8 Å². The van der Waals surface area contributed by atoms with Crippen LogP contribution in [0.1, 0.15) is 23.9 Å². The number of nitrogens with two attached hydrogens (primary N) is 1. The Morgan fingerprint density at radius 1 is 1.33 bits per heavy atom. The van der Waals surface area contributed by atoms with Crippen LogP contribution in [0.15, 0.2) is 30.3 Å². The van der Waals surface area contributed by atoms with E-state index in [-0.39, 0.29) is 0 Å². The van der Waals surface area contributed by atoms with Gasteiger partial charge in [0.05, 0.1) is 16.4 Å². The maximum absolute atomic E-state index is 6.42. The lowest BCUT2D eigenvalue weighted by molar-refractivity contribution is 0.472. The van der Waals surface area contributed by atoms with E-state index in [9.17, 15) is 0 Å². The minimum absolute atomic E-state index is 0.453. The smallest absolute Gasteiger partial charge is 0.0847 e. The summed E-state index contributed by atoms with van der Waals surface area (Å²) in [4.78, 5) is 0. The Balaban J connectivity index is 2.33. The summed E-state index contributed by atoms with van der Waals surface area (Å²) in [6.45, 7) is 3.92. The van der Waals surface area contributed by atoms with E-state index in [1.165, 1.54) is 0 Å². The first-order chi connectivity index (χ1) is 8.42. The largest absolute Gasteiger partial charge is 0.321 e. The molecular weight excluding hydrogens is 246 g/mol. The fourth-order valence-corrected chi connectivity index (χ4v) is 2.37. The second kappa shape index (κ2) is 4.75.